The number of thioether (sulfide) groups is 1. The monoisotopic (exact) mass is 238 g/mol. The van der Waals surface area contributed by atoms with Crippen molar-refractivity contribution < 1.29 is 14.7 Å². The molecule has 0 bridgehead atoms. The summed E-state index contributed by atoms with van der Waals surface area (Å²) in [6, 6.07) is 6.79. The zero-order valence-electron chi connectivity index (χ0n) is 9.27. The van der Waals surface area contributed by atoms with Crippen molar-refractivity contribution in [3.63, 3.8) is 0 Å². The standard InChI is InChI=1S/C12H14O3S/c1-8(13)9(2)16-7-10-4-3-5-11(6-10)12(14)15/h3-6,9H,7H2,1-2H3,(H,14,15). The van der Waals surface area contributed by atoms with E-state index in [9.17, 15) is 9.59 Å². The van der Waals surface area contributed by atoms with Gasteiger partial charge in [-0.3, -0.25) is 4.79 Å². The van der Waals surface area contributed by atoms with Crippen LogP contribution < -0.4 is 0 Å². The Morgan fingerprint density at radius 1 is 1.44 bits per heavy atom. The van der Waals surface area contributed by atoms with Crippen LogP contribution in [-0.4, -0.2) is 22.1 Å². The van der Waals surface area contributed by atoms with E-state index < -0.39 is 5.97 Å². The molecule has 1 atom stereocenters. The van der Waals surface area contributed by atoms with Gasteiger partial charge in [0.2, 0.25) is 0 Å². The van der Waals surface area contributed by atoms with Gasteiger partial charge in [-0.2, -0.15) is 0 Å². The molecule has 0 aliphatic rings. The van der Waals surface area contributed by atoms with Gasteiger partial charge >= 0.3 is 5.97 Å². The molecular weight excluding hydrogens is 224 g/mol. The summed E-state index contributed by atoms with van der Waals surface area (Å²) in [4.78, 5) is 21.8. The lowest BCUT2D eigenvalue weighted by atomic mass is 10.1. The van der Waals surface area contributed by atoms with E-state index in [0.717, 1.165) is 5.56 Å². The van der Waals surface area contributed by atoms with Crippen molar-refractivity contribution in [2.75, 3.05) is 0 Å². The fraction of sp³-hybridized carbons (Fsp3) is 0.333. The van der Waals surface area contributed by atoms with Crippen LogP contribution in [0.4, 0.5) is 0 Å². The maximum absolute atomic E-state index is 11.0. The van der Waals surface area contributed by atoms with Crippen LogP contribution in [-0.2, 0) is 10.5 Å². The van der Waals surface area contributed by atoms with Crippen molar-refractivity contribution in [1.29, 1.82) is 0 Å². The molecule has 0 saturated carbocycles. The van der Waals surface area contributed by atoms with E-state index in [4.69, 9.17) is 5.11 Å². The van der Waals surface area contributed by atoms with E-state index >= 15 is 0 Å². The predicted octanol–water partition coefficient (Wildman–Crippen LogP) is 2.60. The van der Waals surface area contributed by atoms with E-state index in [1.54, 1.807) is 25.1 Å². The van der Waals surface area contributed by atoms with Gasteiger partial charge in [-0.15, -0.1) is 11.8 Å². The Balaban J connectivity index is 2.64. The summed E-state index contributed by atoms with van der Waals surface area (Å²) in [6.45, 7) is 3.42. The van der Waals surface area contributed by atoms with Gasteiger partial charge in [0.05, 0.1) is 10.8 Å². The first kappa shape index (κ1) is 12.8. The molecule has 0 aliphatic carbocycles. The Hall–Kier alpha value is -1.29. The summed E-state index contributed by atoms with van der Waals surface area (Å²) in [5, 5.41) is 8.77. The fourth-order valence-electron chi connectivity index (χ4n) is 1.13. The molecule has 0 aliphatic heterocycles. The van der Waals surface area contributed by atoms with Crippen molar-refractivity contribution in [3.05, 3.63) is 35.4 Å². The Morgan fingerprint density at radius 2 is 2.12 bits per heavy atom. The number of carbonyl (C=O) groups excluding carboxylic acids is 1. The molecule has 86 valence electrons. The first-order valence-corrected chi connectivity index (χ1v) is 6.00. The third-order valence-electron chi connectivity index (χ3n) is 2.25. The van der Waals surface area contributed by atoms with Gasteiger partial charge in [0.1, 0.15) is 5.78 Å². The average molecular weight is 238 g/mol. The molecule has 0 radical (unpaired) electrons. The number of carbonyl (C=O) groups is 2. The normalized spacial score (nSPS) is 12.1. The maximum atomic E-state index is 11.0. The van der Waals surface area contributed by atoms with Gasteiger partial charge in [-0.1, -0.05) is 12.1 Å². The lowest BCUT2D eigenvalue weighted by Gasteiger charge is -2.07. The smallest absolute Gasteiger partial charge is 0.335 e. The zero-order valence-corrected chi connectivity index (χ0v) is 10.1. The quantitative estimate of drug-likeness (QED) is 0.856. The van der Waals surface area contributed by atoms with Crippen LogP contribution >= 0.6 is 11.8 Å². The molecule has 1 aromatic rings. The minimum absolute atomic E-state index is 0.0477. The van der Waals surface area contributed by atoms with Crippen LogP contribution in [0.25, 0.3) is 0 Å². The third-order valence-corrected chi connectivity index (χ3v) is 3.58. The second kappa shape index (κ2) is 5.70. The number of aromatic carboxylic acids is 1. The fourth-order valence-corrected chi connectivity index (χ4v) is 1.99. The van der Waals surface area contributed by atoms with Gasteiger partial charge in [0.15, 0.2) is 0 Å². The van der Waals surface area contributed by atoms with Crippen molar-refractivity contribution in [2.24, 2.45) is 0 Å². The van der Waals surface area contributed by atoms with Gasteiger partial charge in [0, 0.05) is 5.75 Å². The summed E-state index contributed by atoms with van der Waals surface area (Å²) in [7, 11) is 0. The minimum atomic E-state index is -0.925. The number of Topliss-reactive ketones (excluding diaryl/α,β-unsaturated/α-hetero) is 1. The Bertz CT molecular complexity index is 401. The molecule has 0 aromatic heterocycles. The van der Waals surface area contributed by atoms with Crippen LogP contribution in [0.3, 0.4) is 0 Å². The topological polar surface area (TPSA) is 54.4 Å². The first-order chi connectivity index (χ1) is 7.50. The summed E-state index contributed by atoms with van der Waals surface area (Å²) in [5.41, 5.74) is 1.21. The van der Waals surface area contributed by atoms with Crippen molar-refractivity contribution in [2.45, 2.75) is 24.9 Å². The second-order valence-corrected chi connectivity index (χ2v) is 4.90. The minimum Gasteiger partial charge on any atom is -0.478 e. The molecule has 1 rings (SSSR count). The Kier molecular flexibility index (Phi) is 4.55. The summed E-state index contributed by atoms with van der Waals surface area (Å²) < 4.78 is 0. The molecule has 3 nitrogen and oxygen atoms in total. The van der Waals surface area contributed by atoms with Crippen LogP contribution in [0.5, 0.6) is 0 Å². The van der Waals surface area contributed by atoms with E-state index in [0.29, 0.717) is 5.75 Å². The molecule has 0 spiro atoms. The van der Waals surface area contributed by atoms with Crippen molar-refractivity contribution in [1.82, 2.24) is 0 Å². The zero-order chi connectivity index (χ0) is 12.1. The number of carboxylic acids is 1. The van der Waals surface area contributed by atoms with E-state index in [1.807, 2.05) is 13.0 Å². The lowest BCUT2D eigenvalue weighted by molar-refractivity contribution is -0.116. The van der Waals surface area contributed by atoms with Gasteiger partial charge in [0.25, 0.3) is 0 Å². The molecule has 1 unspecified atom stereocenters. The highest BCUT2D eigenvalue weighted by atomic mass is 32.2. The molecule has 0 amide bonds. The maximum Gasteiger partial charge on any atom is 0.335 e. The predicted molar refractivity (Wildman–Crippen MR) is 64.8 cm³/mol. The highest BCUT2D eigenvalue weighted by Gasteiger charge is 2.09. The summed E-state index contributed by atoms with van der Waals surface area (Å²) >= 11 is 1.52. The highest BCUT2D eigenvalue weighted by Crippen LogP contribution is 2.19. The van der Waals surface area contributed by atoms with E-state index in [-0.39, 0.29) is 16.6 Å². The molecule has 1 aromatic carbocycles. The highest BCUT2D eigenvalue weighted by molar-refractivity contribution is 7.99. The van der Waals surface area contributed by atoms with Crippen molar-refractivity contribution >= 4 is 23.5 Å². The number of hydrogen-bond donors (Lipinski definition) is 1. The SMILES string of the molecule is CC(=O)C(C)SCc1cccc(C(=O)O)c1. The van der Waals surface area contributed by atoms with Gasteiger partial charge in [-0.05, 0) is 31.5 Å². The third kappa shape index (κ3) is 3.70. The molecule has 4 heteroatoms. The van der Waals surface area contributed by atoms with Crippen LogP contribution in [0.2, 0.25) is 0 Å². The van der Waals surface area contributed by atoms with E-state index in [1.165, 1.54) is 11.8 Å². The molecule has 0 heterocycles. The lowest BCUT2D eigenvalue weighted by Crippen LogP contribution is -2.08. The Morgan fingerprint density at radius 3 is 2.69 bits per heavy atom. The number of benzene rings is 1. The number of hydrogen-bond acceptors (Lipinski definition) is 3. The molecule has 0 saturated heterocycles. The summed E-state index contributed by atoms with van der Waals surface area (Å²) in [6.07, 6.45) is 0. The van der Waals surface area contributed by atoms with Gasteiger partial charge in [-0.25, -0.2) is 4.79 Å². The van der Waals surface area contributed by atoms with Crippen LogP contribution in [0, 0.1) is 0 Å². The van der Waals surface area contributed by atoms with Crippen LogP contribution in [0.1, 0.15) is 29.8 Å². The number of ketones is 1. The molecule has 1 N–H and O–H groups in total. The molecular formula is C12H14O3S. The molecule has 0 fully saturated rings. The van der Waals surface area contributed by atoms with E-state index in [2.05, 4.69) is 0 Å². The summed E-state index contributed by atoms with van der Waals surface area (Å²) in [5.74, 6) is -0.132. The number of carboxylic acid groups (broad SMARTS) is 1. The van der Waals surface area contributed by atoms with Crippen molar-refractivity contribution in [3.8, 4) is 0 Å². The molecule has 16 heavy (non-hydrogen) atoms. The van der Waals surface area contributed by atoms with Crippen LogP contribution in [0.15, 0.2) is 24.3 Å². The van der Waals surface area contributed by atoms with Gasteiger partial charge < -0.3 is 5.11 Å². The first-order valence-electron chi connectivity index (χ1n) is 4.95. The average Bonchev–Trinajstić information content (AvgIpc) is 2.26. The largest absolute Gasteiger partial charge is 0.478 e. The number of rotatable bonds is 5. The Labute approximate surface area is 98.9 Å². The second-order valence-electron chi connectivity index (χ2n) is 3.57.